The highest BCUT2D eigenvalue weighted by Gasteiger charge is 2.18. The van der Waals surface area contributed by atoms with E-state index in [0.29, 0.717) is 11.0 Å². The maximum atomic E-state index is 11.4. The Bertz CT molecular complexity index is 279. The van der Waals surface area contributed by atoms with Crippen LogP contribution in [0.2, 0.25) is 0 Å². The molecular weight excluding hydrogens is 276 g/mol. The van der Waals surface area contributed by atoms with Gasteiger partial charge in [-0.1, -0.05) is 36.4 Å². The lowest BCUT2D eigenvalue weighted by Gasteiger charge is -2.20. The highest BCUT2D eigenvalue weighted by atomic mass is 79.9. The molecule has 1 atom stereocenters. The molecule has 3 N–H and O–H groups in total. The Morgan fingerprint density at radius 3 is 2.38 bits per heavy atom. The molecule has 0 saturated carbocycles. The van der Waals surface area contributed by atoms with Crippen molar-refractivity contribution in [2.24, 2.45) is 5.92 Å². The molecule has 0 aromatic heterocycles. The molecule has 0 aromatic carbocycles. The van der Waals surface area contributed by atoms with Gasteiger partial charge < -0.3 is 15.7 Å². The fourth-order valence-electron chi connectivity index (χ4n) is 1.04. The van der Waals surface area contributed by atoms with E-state index in [0.717, 1.165) is 0 Å². The highest BCUT2D eigenvalue weighted by molar-refractivity contribution is 9.11. The second-order valence-corrected chi connectivity index (χ2v) is 4.91. The summed E-state index contributed by atoms with van der Waals surface area (Å²) >= 11 is 3.11. The van der Waals surface area contributed by atoms with Crippen molar-refractivity contribution in [2.45, 2.75) is 26.3 Å². The third-order valence-corrected chi connectivity index (χ3v) is 2.24. The average molecular weight is 293 g/mol. The van der Waals surface area contributed by atoms with E-state index in [2.05, 4.69) is 33.1 Å². The van der Waals surface area contributed by atoms with Gasteiger partial charge in [0.15, 0.2) is 0 Å². The molecule has 0 aliphatic rings. The van der Waals surface area contributed by atoms with Crippen LogP contribution < -0.4 is 10.6 Å². The van der Waals surface area contributed by atoms with Gasteiger partial charge >= 0.3 is 12.0 Å². The molecule has 16 heavy (non-hydrogen) atoms. The molecule has 6 heteroatoms. The Morgan fingerprint density at radius 2 is 2.00 bits per heavy atom. The average Bonchev–Trinajstić information content (AvgIpc) is 2.12. The van der Waals surface area contributed by atoms with Crippen molar-refractivity contribution >= 4 is 27.9 Å². The summed E-state index contributed by atoms with van der Waals surface area (Å²) in [5.41, 5.74) is 0. The Morgan fingerprint density at radius 1 is 1.44 bits per heavy atom. The number of carboxylic acids is 1. The molecule has 0 bridgehead atoms. The quantitative estimate of drug-likeness (QED) is 0.697. The van der Waals surface area contributed by atoms with E-state index in [-0.39, 0.29) is 24.4 Å². The van der Waals surface area contributed by atoms with Crippen molar-refractivity contribution in [3.63, 3.8) is 0 Å². The van der Waals surface area contributed by atoms with Crippen LogP contribution in [0.3, 0.4) is 0 Å². The SMILES string of the molecule is C=C(Br)CNC(=O)NC(CC(=O)O)C(C)C. The third-order valence-electron chi connectivity index (χ3n) is 1.96. The molecule has 0 aromatic rings. The van der Waals surface area contributed by atoms with E-state index in [4.69, 9.17) is 5.11 Å². The summed E-state index contributed by atoms with van der Waals surface area (Å²) in [6.07, 6.45) is -0.0830. The van der Waals surface area contributed by atoms with Crippen LogP contribution in [-0.4, -0.2) is 29.7 Å². The Labute approximate surface area is 103 Å². The normalized spacial score (nSPS) is 12.0. The Hall–Kier alpha value is -1.04. The van der Waals surface area contributed by atoms with E-state index in [1.165, 1.54) is 0 Å². The van der Waals surface area contributed by atoms with Gasteiger partial charge in [-0.2, -0.15) is 0 Å². The van der Waals surface area contributed by atoms with E-state index in [9.17, 15) is 9.59 Å². The van der Waals surface area contributed by atoms with Crippen LogP contribution >= 0.6 is 15.9 Å². The lowest BCUT2D eigenvalue weighted by molar-refractivity contribution is -0.137. The van der Waals surface area contributed by atoms with Crippen LogP contribution in [-0.2, 0) is 4.79 Å². The summed E-state index contributed by atoms with van der Waals surface area (Å²) in [6.45, 7) is 7.60. The van der Waals surface area contributed by atoms with Crippen LogP contribution in [0.1, 0.15) is 20.3 Å². The van der Waals surface area contributed by atoms with E-state index >= 15 is 0 Å². The summed E-state index contributed by atoms with van der Waals surface area (Å²) in [6, 6.07) is -0.762. The first-order valence-electron chi connectivity index (χ1n) is 4.92. The van der Waals surface area contributed by atoms with E-state index < -0.39 is 5.97 Å². The van der Waals surface area contributed by atoms with E-state index in [1.54, 1.807) is 0 Å². The molecule has 0 radical (unpaired) electrons. The van der Waals surface area contributed by atoms with Gasteiger partial charge in [-0.15, -0.1) is 0 Å². The van der Waals surface area contributed by atoms with Crippen molar-refractivity contribution in [1.82, 2.24) is 10.6 Å². The van der Waals surface area contributed by atoms with Gasteiger partial charge in [0.1, 0.15) is 0 Å². The largest absolute Gasteiger partial charge is 0.481 e. The second-order valence-electron chi connectivity index (χ2n) is 3.79. The number of urea groups is 1. The molecule has 92 valence electrons. The molecule has 0 heterocycles. The van der Waals surface area contributed by atoms with Crippen LogP contribution in [0.5, 0.6) is 0 Å². The fraction of sp³-hybridized carbons (Fsp3) is 0.600. The van der Waals surface area contributed by atoms with Crippen molar-refractivity contribution < 1.29 is 14.7 Å². The molecule has 1 unspecified atom stereocenters. The summed E-state index contributed by atoms with van der Waals surface area (Å²) in [4.78, 5) is 21.9. The van der Waals surface area contributed by atoms with Gasteiger partial charge in [-0.25, -0.2) is 4.79 Å². The molecular formula is C10H17BrN2O3. The summed E-state index contributed by atoms with van der Waals surface area (Å²) in [5.74, 6) is -0.863. The lowest BCUT2D eigenvalue weighted by atomic mass is 10.0. The minimum absolute atomic E-state index is 0.0639. The molecule has 0 fully saturated rings. The number of hydrogen-bond donors (Lipinski definition) is 3. The Kier molecular flexibility index (Phi) is 6.80. The number of amides is 2. The summed E-state index contributed by atoms with van der Waals surface area (Å²) < 4.78 is 0.655. The van der Waals surface area contributed by atoms with Gasteiger partial charge in [-0.3, -0.25) is 4.79 Å². The third kappa shape index (κ3) is 7.28. The number of rotatable bonds is 6. The Balaban J connectivity index is 4.13. The molecule has 0 aliphatic heterocycles. The van der Waals surface area contributed by atoms with Crippen molar-refractivity contribution in [3.8, 4) is 0 Å². The van der Waals surface area contributed by atoms with Gasteiger partial charge in [0.2, 0.25) is 0 Å². The lowest BCUT2D eigenvalue weighted by Crippen LogP contribution is -2.45. The second kappa shape index (κ2) is 7.27. The molecule has 0 saturated heterocycles. The minimum atomic E-state index is -0.927. The number of aliphatic carboxylic acids is 1. The number of nitrogens with one attached hydrogen (secondary N) is 2. The van der Waals surface area contributed by atoms with Gasteiger partial charge in [-0.05, 0) is 5.92 Å². The number of carboxylic acid groups (broad SMARTS) is 1. The predicted molar refractivity (Wildman–Crippen MR) is 65.5 cm³/mol. The molecule has 5 nitrogen and oxygen atoms in total. The number of halogens is 1. The van der Waals surface area contributed by atoms with E-state index in [1.807, 2.05) is 13.8 Å². The monoisotopic (exact) mass is 292 g/mol. The first-order valence-corrected chi connectivity index (χ1v) is 5.71. The van der Waals surface area contributed by atoms with Crippen molar-refractivity contribution in [1.29, 1.82) is 0 Å². The van der Waals surface area contributed by atoms with Gasteiger partial charge in [0.25, 0.3) is 0 Å². The zero-order chi connectivity index (χ0) is 12.7. The smallest absolute Gasteiger partial charge is 0.315 e. The van der Waals surface area contributed by atoms with Crippen molar-refractivity contribution in [2.75, 3.05) is 6.54 Å². The maximum Gasteiger partial charge on any atom is 0.315 e. The van der Waals surface area contributed by atoms with Crippen LogP contribution in [0, 0.1) is 5.92 Å². The van der Waals surface area contributed by atoms with Crippen molar-refractivity contribution in [3.05, 3.63) is 11.1 Å². The van der Waals surface area contributed by atoms with Crippen LogP contribution in [0.15, 0.2) is 11.1 Å². The standard InChI is InChI=1S/C10H17BrN2O3/c1-6(2)8(4-9(14)15)13-10(16)12-5-7(3)11/h6,8H,3-5H2,1-2H3,(H,14,15)(H2,12,13,16). The zero-order valence-corrected chi connectivity index (χ0v) is 11.0. The molecule has 2 amide bonds. The van der Waals surface area contributed by atoms with Crippen LogP contribution in [0.4, 0.5) is 4.79 Å². The molecule has 0 rings (SSSR count). The van der Waals surface area contributed by atoms with Gasteiger partial charge in [0.05, 0.1) is 13.0 Å². The number of carbonyl (C=O) groups is 2. The summed E-state index contributed by atoms with van der Waals surface area (Å²) in [7, 11) is 0. The van der Waals surface area contributed by atoms with Crippen LogP contribution in [0.25, 0.3) is 0 Å². The number of carbonyl (C=O) groups excluding carboxylic acids is 1. The summed E-state index contributed by atoms with van der Waals surface area (Å²) in [5, 5.41) is 13.8. The first-order chi connectivity index (χ1) is 7.32. The topological polar surface area (TPSA) is 78.4 Å². The zero-order valence-electron chi connectivity index (χ0n) is 9.42. The predicted octanol–water partition coefficient (Wildman–Crippen LogP) is 1.69. The van der Waals surface area contributed by atoms with Gasteiger partial charge in [0, 0.05) is 10.5 Å². The fourth-order valence-corrected chi connectivity index (χ4v) is 1.18. The maximum absolute atomic E-state index is 11.4. The molecule has 0 spiro atoms. The number of hydrogen-bond acceptors (Lipinski definition) is 2. The minimum Gasteiger partial charge on any atom is -0.481 e. The first kappa shape index (κ1) is 15.0. The highest BCUT2D eigenvalue weighted by Crippen LogP contribution is 2.06. The molecule has 0 aliphatic carbocycles.